The highest BCUT2D eigenvalue weighted by Gasteiger charge is 2.11. The molecule has 1 aromatic heterocycles. The van der Waals surface area contributed by atoms with Crippen molar-refractivity contribution in [2.45, 2.75) is 13.8 Å². The van der Waals surface area contributed by atoms with Crippen molar-refractivity contribution in [1.82, 2.24) is 4.98 Å². The summed E-state index contributed by atoms with van der Waals surface area (Å²) in [7, 11) is 0. The molecule has 112 valence electrons. The Bertz CT molecular complexity index is 724. The maximum absolute atomic E-state index is 11.9. The van der Waals surface area contributed by atoms with Gasteiger partial charge < -0.3 is 15.0 Å². The van der Waals surface area contributed by atoms with E-state index in [-0.39, 0.29) is 17.5 Å². The van der Waals surface area contributed by atoms with Crippen LogP contribution in [0.15, 0.2) is 36.4 Å². The number of hydrogen-bond donors (Lipinski definition) is 2. The second kappa shape index (κ2) is 6.59. The summed E-state index contributed by atoms with van der Waals surface area (Å²) in [6.07, 6.45) is 0. The van der Waals surface area contributed by atoms with Crippen molar-refractivity contribution in [3.05, 3.63) is 47.8 Å². The number of aromatic amines is 1. The van der Waals surface area contributed by atoms with Crippen LogP contribution in [-0.4, -0.2) is 16.9 Å². The van der Waals surface area contributed by atoms with Crippen molar-refractivity contribution < 1.29 is 14.3 Å². The first kappa shape index (κ1) is 15.3. The summed E-state index contributed by atoms with van der Waals surface area (Å²) >= 11 is 0. The van der Waals surface area contributed by atoms with E-state index < -0.39 is 5.97 Å². The maximum Gasteiger partial charge on any atom is 0.360 e. The van der Waals surface area contributed by atoms with Gasteiger partial charge in [0.2, 0.25) is 5.91 Å². The van der Waals surface area contributed by atoms with Gasteiger partial charge in [-0.25, -0.2) is 4.79 Å². The van der Waals surface area contributed by atoms with Gasteiger partial charge in [-0.2, -0.15) is 5.26 Å². The van der Waals surface area contributed by atoms with Crippen molar-refractivity contribution in [3.63, 3.8) is 0 Å². The molecule has 0 saturated carbocycles. The Hall–Kier alpha value is -3.07. The number of amides is 1. The Kier molecular flexibility index (Phi) is 4.59. The number of hydrogen-bond acceptors (Lipinski definition) is 4. The first-order valence-corrected chi connectivity index (χ1v) is 6.72. The number of anilines is 1. The van der Waals surface area contributed by atoms with E-state index in [1.54, 1.807) is 38.1 Å². The van der Waals surface area contributed by atoms with Gasteiger partial charge in [-0.3, -0.25) is 4.79 Å². The van der Waals surface area contributed by atoms with E-state index in [1.165, 1.54) is 12.1 Å². The first-order chi connectivity index (χ1) is 10.5. The minimum atomic E-state index is -0.583. The minimum Gasteiger partial charge on any atom is -0.422 e. The Morgan fingerprint density at radius 1 is 1.18 bits per heavy atom. The van der Waals surface area contributed by atoms with Gasteiger partial charge in [0.05, 0.1) is 0 Å². The van der Waals surface area contributed by atoms with Crippen LogP contribution in [0.4, 0.5) is 5.69 Å². The Morgan fingerprint density at radius 3 is 2.41 bits per heavy atom. The average Bonchev–Trinajstić information content (AvgIpc) is 2.98. The minimum absolute atomic E-state index is 0.0832. The molecule has 0 unspecified atom stereocenters. The molecular formula is C16H15N3O3. The predicted molar refractivity (Wildman–Crippen MR) is 80.4 cm³/mol. The number of nitriles is 1. The van der Waals surface area contributed by atoms with Crippen LogP contribution in [-0.2, 0) is 4.79 Å². The third-order valence-corrected chi connectivity index (χ3v) is 2.88. The molecule has 0 aliphatic rings. The molecule has 6 nitrogen and oxygen atoms in total. The zero-order chi connectivity index (χ0) is 16.1. The summed E-state index contributed by atoms with van der Waals surface area (Å²) in [6, 6.07) is 11.4. The van der Waals surface area contributed by atoms with E-state index in [0.717, 1.165) is 0 Å². The highest BCUT2D eigenvalue weighted by molar-refractivity contribution is 5.92. The fourth-order valence-electron chi connectivity index (χ4n) is 1.63. The molecule has 22 heavy (non-hydrogen) atoms. The summed E-state index contributed by atoms with van der Waals surface area (Å²) < 4.78 is 5.17. The average molecular weight is 297 g/mol. The molecule has 0 bridgehead atoms. The van der Waals surface area contributed by atoms with Gasteiger partial charge in [-0.1, -0.05) is 13.8 Å². The van der Waals surface area contributed by atoms with E-state index in [4.69, 9.17) is 10.00 Å². The molecule has 0 spiro atoms. The van der Waals surface area contributed by atoms with Crippen LogP contribution in [0.1, 0.15) is 30.0 Å². The molecule has 0 atom stereocenters. The lowest BCUT2D eigenvalue weighted by Crippen LogP contribution is -2.17. The van der Waals surface area contributed by atoms with Gasteiger partial charge in [0.15, 0.2) is 0 Å². The van der Waals surface area contributed by atoms with E-state index in [0.29, 0.717) is 17.1 Å². The van der Waals surface area contributed by atoms with Crippen molar-refractivity contribution in [2.75, 3.05) is 5.32 Å². The molecule has 2 aromatic rings. The smallest absolute Gasteiger partial charge is 0.360 e. The first-order valence-electron chi connectivity index (χ1n) is 6.72. The van der Waals surface area contributed by atoms with Gasteiger partial charge in [0.1, 0.15) is 23.2 Å². The number of carbonyl (C=O) groups excluding carboxylic acids is 2. The third-order valence-electron chi connectivity index (χ3n) is 2.88. The van der Waals surface area contributed by atoms with Gasteiger partial charge in [-0.05, 0) is 36.4 Å². The van der Waals surface area contributed by atoms with Crippen molar-refractivity contribution in [1.29, 1.82) is 5.26 Å². The summed E-state index contributed by atoms with van der Waals surface area (Å²) in [5.41, 5.74) is 1.12. The largest absolute Gasteiger partial charge is 0.422 e. The molecular weight excluding hydrogens is 282 g/mol. The summed E-state index contributed by atoms with van der Waals surface area (Å²) in [6.45, 7) is 3.61. The number of nitrogens with one attached hydrogen (secondary N) is 2. The van der Waals surface area contributed by atoms with Gasteiger partial charge >= 0.3 is 5.97 Å². The highest BCUT2D eigenvalue weighted by Crippen LogP contribution is 2.17. The van der Waals surface area contributed by atoms with Gasteiger partial charge in [-0.15, -0.1) is 0 Å². The SMILES string of the molecule is CC(C)C(=O)Nc1ccc(OC(=O)c2ccc(C#N)[nH]2)cc1. The number of esters is 1. The molecule has 0 fully saturated rings. The molecule has 0 radical (unpaired) electrons. The topological polar surface area (TPSA) is 95.0 Å². The number of carbonyl (C=O) groups is 2. The van der Waals surface area contributed by atoms with Crippen molar-refractivity contribution >= 4 is 17.6 Å². The molecule has 1 aromatic carbocycles. The molecule has 0 aliphatic heterocycles. The number of aromatic nitrogens is 1. The lowest BCUT2D eigenvalue weighted by molar-refractivity contribution is -0.118. The Balaban J connectivity index is 2.00. The number of rotatable bonds is 4. The number of H-pyrrole nitrogens is 1. The van der Waals surface area contributed by atoms with Crippen LogP contribution in [0.2, 0.25) is 0 Å². The molecule has 2 rings (SSSR count). The molecule has 2 N–H and O–H groups in total. The van der Waals surface area contributed by atoms with Crippen molar-refractivity contribution in [2.24, 2.45) is 5.92 Å². The molecule has 0 aliphatic carbocycles. The maximum atomic E-state index is 11.9. The van der Waals surface area contributed by atoms with Crippen LogP contribution >= 0.6 is 0 Å². The standard InChI is InChI=1S/C16H15N3O3/c1-10(2)15(20)19-11-3-6-13(7-4-11)22-16(21)14-8-5-12(9-17)18-14/h3-8,10,18H,1-2H3,(H,19,20). The number of ether oxygens (including phenoxy) is 1. The van der Waals surface area contributed by atoms with E-state index in [1.807, 2.05) is 6.07 Å². The van der Waals surface area contributed by atoms with E-state index in [9.17, 15) is 9.59 Å². The Morgan fingerprint density at radius 2 is 1.86 bits per heavy atom. The summed E-state index contributed by atoms with van der Waals surface area (Å²) in [5, 5.41) is 11.4. The fourth-order valence-corrected chi connectivity index (χ4v) is 1.63. The fraction of sp³-hybridized carbons (Fsp3) is 0.188. The normalized spacial score (nSPS) is 10.1. The molecule has 1 heterocycles. The van der Waals surface area contributed by atoms with Crippen LogP contribution in [0.3, 0.4) is 0 Å². The predicted octanol–water partition coefficient (Wildman–Crippen LogP) is 2.70. The second-order valence-corrected chi connectivity index (χ2v) is 4.96. The second-order valence-electron chi connectivity index (χ2n) is 4.96. The van der Waals surface area contributed by atoms with Crippen LogP contribution in [0, 0.1) is 17.2 Å². The van der Waals surface area contributed by atoms with Gasteiger partial charge in [0.25, 0.3) is 0 Å². The van der Waals surface area contributed by atoms with Crippen LogP contribution < -0.4 is 10.1 Å². The summed E-state index contributed by atoms with van der Waals surface area (Å²) in [4.78, 5) is 26.1. The van der Waals surface area contributed by atoms with E-state index >= 15 is 0 Å². The highest BCUT2D eigenvalue weighted by atomic mass is 16.5. The van der Waals surface area contributed by atoms with Crippen molar-refractivity contribution in [3.8, 4) is 11.8 Å². The lowest BCUT2D eigenvalue weighted by atomic mass is 10.2. The summed E-state index contributed by atoms with van der Waals surface area (Å²) in [5.74, 6) is -0.430. The van der Waals surface area contributed by atoms with Gasteiger partial charge in [0, 0.05) is 11.6 Å². The van der Waals surface area contributed by atoms with E-state index in [2.05, 4.69) is 10.3 Å². The molecule has 0 saturated heterocycles. The number of nitrogens with zero attached hydrogens (tertiary/aromatic N) is 1. The monoisotopic (exact) mass is 297 g/mol. The zero-order valence-corrected chi connectivity index (χ0v) is 12.2. The molecule has 6 heteroatoms. The third kappa shape index (κ3) is 3.73. The zero-order valence-electron chi connectivity index (χ0n) is 12.2. The quantitative estimate of drug-likeness (QED) is 0.670. The number of benzene rings is 1. The van der Waals surface area contributed by atoms with Crippen LogP contribution in [0.5, 0.6) is 5.75 Å². The molecule has 1 amide bonds. The van der Waals surface area contributed by atoms with Crippen LogP contribution in [0.25, 0.3) is 0 Å². The lowest BCUT2D eigenvalue weighted by Gasteiger charge is -2.08. The Labute approximate surface area is 127 Å².